The first-order valence-corrected chi connectivity index (χ1v) is 7.62. The van der Waals surface area contributed by atoms with Crippen molar-refractivity contribution in [2.45, 2.75) is 89.8 Å². The van der Waals surface area contributed by atoms with Gasteiger partial charge in [-0.25, -0.2) is 0 Å². The standard InChI is InChI=1S/C15H32O3/c1-3-5-7-9-11-14(17)15(18,13-16)12-10-8-6-4-2/h14,16-18H,3-13H2,1-2H3. The maximum atomic E-state index is 10.2. The first-order valence-electron chi connectivity index (χ1n) is 7.62. The fourth-order valence-electron chi connectivity index (χ4n) is 2.24. The summed E-state index contributed by atoms with van der Waals surface area (Å²) in [4.78, 5) is 0. The molecule has 3 nitrogen and oxygen atoms in total. The SMILES string of the molecule is CCCCCCC(O)C(O)(CO)CCCCCC. The predicted octanol–water partition coefficient (Wildman–Crippen LogP) is 3.01. The van der Waals surface area contributed by atoms with Gasteiger partial charge in [-0.05, 0) is 12.8 Å². The summed E-state index contributed by atoms with van der Waals surface area (Å²) in [5.74, 6) is 0. The van der Waals surface area contributed by atoms with Crippen molar-refractivity contribution in [1.82, 2.24) is 0 Å². The third-order valence-electron chi connectivity index (χ3n) is 3.69. The molecule has 3 N–H and O–H groups in total. The van der Waals surface area contributed by atoms with Gasteiger partial charge in [0.15, 0.2) is 0 Å². The molecule has 0 spiro atoms. The van der Waals surface area contributed by atoms with Gasteiger partial charge in [0.1, 0.15) is 5.60 Å². The van der Waals surface area contributed by atoms with Gasteiger partial charge in [-0.3, -0.25) is 0 Å². The Morgan fingerprint density at radius 1 is 0.889 bits per heavy atom. The molecule has 0 aromatic heterocycles. The Morgan fingerprint density at radius 2 is 1.44 bits per heavy atom. The molecular formula is C15H32O3. The minimum absolute atomic E-state index is 0.339. The molecule has 0 saturated heterocycles. The van der Waals surface area contributed by atoms with E-state index in [1.165, 1.54) is 6.42 Å². The average molecular weight is 260 g/mol. The largest absolute Gasteiger partial charge is 0.393 e. The van der Waals surface area contributed by atoms with E-state index in [0.717, 1.165) is 44.9 Å². The maximum Gasteiger partial charge on any atom is 0.113 e. The Kier molecular flexibility index (Phi) is 10.7. The van der Waals surface area contributed by atoms with Crippen molar-refractivity contribution >= 4 is 0 Å². The minimum atomic E-state index is -1.29. The second kappa shape index (κ2) is 10.8. The van der Waals surface area contributed by atoms with E-state index in [1.807, 2.05) is 0 Å². The molecule has 0 aliphatic carbocycles. The molecule has 0 amide bonds. The first kappa shape index (κ1) is 17.9. The number of unbranched alkanes of at least 4 members (excludes halogenated alkanes) is 6. The summed E-state index contributed by atoms with van der Waals surface area (Å²) in [7, 11) is 0. The average Bonchev–Trinajstić information content (AvgIpc) is 2.39. The normalized spacial score (nSPS) is 16.5. The molecule has 0 saturated carbocycles. The Morgan fingerprint density at radius 3 is 1.94 bits per heavy atom. The Hall–Kier alpha value is -0.120. The maximum absolute atomic E-state index is 10.2. The van der Waals surface area contributed by atoms with Crippen molar-refractivity contribution in [3.05, 3.63) is 0 Å². The lowest BCUT2D eigenvalue weighted by Gasteiger charge is -2.31. The zero-order valence-corrected chi connectivity index (χ0v) is 12.2. The predicted molar refractivity (Wildman–Crippen MR) is 75.6 cm³/mol. The smallest absolute Gasteiger partial charge is 0.113 e. The Labute approximate surface area is 112 Å². The number of hydrogen-bond donors (Lipinski definition) is 3. The second-order valence-electron chi connectivity index (χ2n) is 5.44. The third kappa shape index (κ3) is 7.34. The van der Waals surface area contributed by atoms with E-state index in [0.29, 0.717) is 12.8 Å². The summed E-state index contributed by atoms with van der Waals surface area (Å²) in [6.45, 7) is 3.95. The Balaban J connectivity index is 3.92. The van der Waals surface area contributed by atoms with Gasteiger partial charge in [0, 0.05) is 0 Å². The van der Waals surface area contributed by atoms with E-state index >= 15 is 0 Å². The number of hydrogen-bond acceptors (Lipinski definition) is 3. The lowest BCUT2D eigenvalue weighted by molar-refractivity contribution is -0.114. The minimum Gasteiger partial charge on any atom is -0.393 e. The molecular weight excluding hydrogens is 228 g/mol. The van der Waals surface area contributed by atoms with Crippen LogP contribution in [0.1, 0.15) is 78.1 Å². The number of aliphatic hydroxyl groups excluding tert-OH is 2. The van der Waals surface area contributed by atoms with Crippen LogP contribution in [0.4, 0.5) is 0 Å². The summed E-state index contributed by atoms with van der Waals surface area (Å²) >= 11 is 0. The molecule has 0 bridgehead atoms. The fraction of sp³-hybridized carbons (Fsp3) is 1.00. The molecule has 0 fully saturated rings. The molecule has 2 unspecified atom stereocenters. The highest BCUT2D eigenvalue weighted by Crippen LogP contribution is 2.23. The Bertz CT molecular complexity index is 185. The fourth-order valence-corrected chi connectivity index (χ4v) is 2.24. The van der Waals surface area contributed by atoms with Crippen molar-refractivity contribution in [1.29, 1.82) is 0 Å². The molecule has 2 atom stereocenters. The van der Waals surface area contributed by atoms with Crippen molar-refractivity contribution in [2.24, 2.45) is 0 Å². The molecule has 110 valence electrons. The van der Waals surface area contributed by atoms with Crippen LogP contribution in [0.25, 0.3) is 0 Å². The molecule has 0 aliphatic rings. The van der Waals surface area contributed by atoms with Gasteiger partial charge in [0.25, 0.3) is 0 Å². The van der Waals surface area contributed by atoms with Gasteiger partial charge in [-0.1, -0.05) is 65.2 Å². The quantitative estimate of drug-likeness (QED) is 0.473. The highest BCUT2D eigenvalue weighted by Gasteiger charge is 2.33. The van der Waals surface area contributed by atoms with Crippen LogP contribution in [0.5, 0.6) is 0 Å². The van der Waals surface area contributed by atoms with E-state index < -0.39 is 11.7 Å². The molecule has 0 aliphatic heterocycles. The van der Waals surface area contributed by atoms with Crippen molar-refractivity contribution < 1.29 is 15.3 Å². The van der Waals surface area contributed by atoms with Gasteiger partial charge in [-0.2, -0.15) is 0 Å². The molecule has 0 aromatic rings. The summed E-state index contributed by atoms with van der Waals surface area (Å²) in [6.07, 6.45) is 8.86. The van der Waals surface area contributed by atoms with E-state index in [9.17, 15) is 15.3 Å². The van der Waals surface area contributed by atoms with Crippen LogP contribution in [-0.2, 0) is 0 Å². The van der Waals surface area contributed by atoms with Gasteiger partial charge in [0.2, 0.25) is 0 Å². The van der Waals surface area contributed by atoms with Crippen molar-refractivity contribution in [2.75, 3.05) is 6.61 Å². The monoisotopic (exact) mass is 260 g/mol. The zero-order chi connectivity index (χ0) is 13.9. The van der Waals surface area contributed by atoms with Gasteiger partial charge in [0.05, 0.1) is 12.7 Å². The third-order valence-corrected chi connectivity index (χ3v) is 3.69. The van der Waals surface area contributed by atoms with Crippen LogP contribution in [0.3, 0.4) is 0 Å². The second-order valence-corrected chi connectivity index (χ2v) is 5.44. The molecule has 3 heteroatoms. The first-order chi connectivity index (χ1) is 8.60. The highest BCUT2D eigenvalue weighted by molar-refractivity contribution is 4.85. The van der Waals surface area contributed by atoms with Crippen LogP contribution in [0.2, 0.25) is 0 Å². The van der Waals surface area contributed by atoms with E-state index in [2.05, 4.69) is 13.8 Å². The van der Waals surface area contributed by atoms with Crippen LogP contribution >= 0.6 is 0 Å². The molecule has 0 radical (unpaired) electrons. The van der Waals surface area contributed by atoms with Gasteiger partial charge >= 0.3 is 0 Å². The summed E-state index contributed by atoms with van der Waals surface area (Å²) in [5, 5.41) is 29.6. The molecule has 0 aromatic carbocycles. The van der Waals surface area contributed by atoms with Crippen LogP contribution in [-0.4, -0.2) is 33.6 Å². The highest BCUT2D eigenvalue weighted by atomic mass is 16.4. The van der Waals surface area contributed by atoms with E-state index in [-0.39, 0.29) is 6.61 Å². The van der Waals surface area contributed by atoms with Gasteiger partial charge < -0.3 is 15.3 Å². The van der Waals surface area contributed by atoms with E-state index in [4.69, 9.17) is 0 Å². The van der Waals surface area contributed by atoms with E-state index in [1.54, 1.807) is 0 Å². The van der Waals surface area contributed by atoms with Gasteiger partial charge in [-0.15, -0.1) is 0 Å². The molecule has 0 heterocycles. The lowest BCUT2D eigenvalue weighted by atomic mass is 9.88. The lowest BCUT2D eigenvalue weighted by Crippen LogP contribution is -2.45. The summed E-state index contributed by atoms with van der Waals surface area (Å²) in [5.41, 5.74) is -1.29. The number of rotatable bonds is 12. The van der Waals surface area contributed by atoms with Crippen LogP contribution in [0, 0.1) is 0 Å². The number of aliphatic hydroxyl groups is 3. The topological polar surface area (TPSA) is 60.7 Å². The summed E-state index contributed by atoms with van der Waals surface area (Å²) in [6, 6.07) is 0. The van der Waals surface area contributed by atoms with Crippen molar-refractivity contribution in [3.63, 3.8) is 0 Å². The zero-order valence-electron chi connectivity index (χ0n) is 12.2. The molecule has 18 heavy (non-hydrogen) atoms. The van der Waals surface area contributed by atoms with Crippen LogP contribution in [0.15, 0.2) is 0 Å². The molecule has 0 rings (SSSR count). The van der Waals surface area contributed by atoms with Crippen LogP contribution < -0.4 is 0 Å². The van der Waals surface area contributed by atoms with Crippen molar-refractivity contribution in [3.8, 4) is 0 Å². The summed E-state index contributed by atoms with van der Waals surface area (Å²) < 4.78 is 0.